The monoisotopic (exact) mass is 400 g/mol. The SMILES string of the molecule is CCc1cc(C2=C(/C=C/[C@@H]3C[C@@H](O)CC(=O)O3)C(C)(C)CC(C)(C)C2)ccc1F. The van der Waals surface area contributed by atoms with E-state index in [2.05, 4.69) is 33.8 Å². The topological polar surface area (TPSA) is 46.5 Å². The number of rotatable bonds is 4. The van der Waals surface area contributed by atoms with E-state index in [-0.39, 0.29) is 29.0 Å². The van der Waals surface area contributed by atoms with Crippen molar-refractivity contribution in [2.45, 2.75) is 78.9 Å². The average molecular weight is 401 g/mol. The summed E-state index contributed by atoms with van der Waals surface area (Å²) in [5.41, 5.74) is 4.26. The van der Waals surface area contributed by atoms with Crippen LogP contribution in [0.15, 0.2) is 35.9 Å². The highest BCUT2D eigenvalue weighted by Crippen LogP contribution is 2.52. The van der Waals surface area contributed by atoms with Gasteiger partial charge in [0.05, 0.1) is 12.5 Å². The Hall–Kier alpha value is -1.94. The molecule has 1 saturated heterocycles. The second-order valence-corrected chi connectivity index (χ2v) is 9.93. The number of carbonyl (C=O) groups excluding carboxylic acids is 1. The minimum absolute atomic E-state index is 0.0628. The van der Waals surface area contributed by atoms with Gasteiger partial charge in [-0.2, -0.15) is 0 Å². The molecule has 0 radical (unpaired) electrons. The second kappa shape index (κ2) is 8.06. The molecule has 1 heterocycles. The van der Waals surface area contributed by atoms with E-state index in [9.17, 15) is 14.3 Å². The third-order valence-corrected chi connectivity index (χ3v) is 6.07. The molecular formula is C25H33FO3. The molecule has 3 nitrogen and oxygen atoms in total. The number of esters is 1. The Balaban J connectivity index is 2.06. The van der Waals surface area contributed by atoms with E-state index in [0.29, 0.717) is 12.8 Å². The number of hydrogen-bond donors (Lipinski definition) is 1. The molecule has 2 atom stereocenters. The molecule has 3 rings (SSSR count). The Labute approximate surface area is 173 Å². The maximum absolute atomic E-state index is 14.1. The van der Waals surface area contributed by atoms with Crippen molar-refractivity contribution < 1.29 is 19.0 Å². The van der Waals surface area contributed by atoms with Crippen LogP contribution < -0.4 is 0 Å². The molecule has 0 bridgehead atoms. The van der Waals surface area contributed by atoms with Crippen molar-refractivity contribution in [1.29, 1.82) is 0 Å². The van der Waals surface area contributed by atoms with Gasteiger partial charge < -0.3 is 9.84 Å². The molecule has 0 spiro atoms. The van der Waals surface area contributed by atoms with Crippen molar-refractivity contribution >= 4 is 11.5 Å². The van der Waals surface area contributed by atoms with Crippen molar-refractivity contribution in [3.63, 3.8) is 0 Å². The molecule has 1 fully saturated rings. The number of aryl methyl sites for hydroxylation is 1. The first-order valence-electron chi connectivity index (χ1n) is 10.6. The first-order chi connectivity index (χ1) is 13.5. The van der Waals surface area contributed by atoms with Crippen LogP contribution in [0.5, 0.6) is 0 Å². The highest BCUT2D eigenvalue weighted by molar-refractivity contribution is 5.74. The summed E-state index contributed by atoms with van der Waals surface area (Å²) in [6, 6.07) is 5.41. The summed E-state index contributed by atoms with van der Waals surface area (Å²) in [4.78, 5) is 11.7. The summed E-state index contributed by atoms with van der Waals surface area (Å²) in [6.45, 7) is 11.0. The first kappa shape index (κ1) is 21.8. The Kier molecular flexibility index (Phi) is 6.05. The quantitative estimate of drug-likeness (QED) is 0.668. The number of cyclic esters (lactones) is 1. The van der Waals surface area contributed by atoms with E-state index < -0.39 is 12.2 Å². The maximum atomic E-state index is 14.1. The summed E-state index contributed by atoms with van der Waals surface area (Å²) < 4.78 is 19.5. The lowest BCUT2D eigenvalue weighted by Gasteiger charge is -2.43. The smallest absolute Gasteiger partial charge is 0.309 e. The van der Waals surface area contributed by atoms with Crippen LogP contribution in [0.1, 0.15) is 71.4 Å². The van der Waals surface area contributed by atoms with E-state index in [1.165, 1.54) is 11.1 Å². The zero-order valence-corrected chi connectivity index (χ0v) is 18.2. The standard InChI is InChI=1S/C25H33FO3/c1-6-16-11-17(7-10-22(16)26)20-14-24(2,3)15-25(4,5)21(20)9-8-19-12-18(27)13-23(28)29-19/h7-11,18-19,27H,6,12-15H2,1-5H3/b9-8+/t18-,19-/m1/s1. The van der Waals surface area contributed by atoms with E-state index in [1.807, 2.05) is 25.1 Å². The summed E-state index contributed by atoms with van der Waals surface area (Å²) in [5, 5.41) is 9.89. The van der Waals surface area contributed by atoms with Crippen LogP contribution in [0.4, 0.5) is 4.39 Å². The third kappa shape index (κ3) is 4.98. The number of allylic oxidation sites excluding steroid dienone is 3. The molecule has 158 valence electrons. The van der Waals surface area contributed by atoms with Gasteiger partial charge in [0.25, 0.3) is 0 Å². The molecule has 4 heteroatoms. The Morgan fingerprint density at radius 2 is 2.00 bits per heavy atom. The molecule has 0 aromatic heterocycles. The molecule has 1 aliphatic heterocycles. The predicted molar refractivity (Wildman–Crippen MR) is 114 cm³/mol. The van der Waals surface area contributed by atoms with Gasteiger partial charge in [-0.05, 0) is 70.6 Å². The Morgan fingerprint density at radius 1 is 1.28 bits per heavy atom. The van der Waals surface area contributed by atoms with Crippen LogP contribution >= 0.6 is 0 Å². The van der Waals surface area contributed by atoms with Gasteiger partial charge in [0.2, 0.25) is 0 Å². The van der Waals surface area contributed by atoms with Crippen molar-refractivity contribution in [1.82, 2.24) is 0 Å². The van der Waals surface area contributed by atoms with Crippen molar-refractivity contribution in [2.75, 3.05) is 0 Å². The fraction of sp³-hybridized carbons (Fsp3) is 0.560. The predicted octanol–water partition coefficient (Wildman–Crippen LogP) is 5.61. The largest absolute Gasteiger partial charge is 0.458 e. The van der Waals surface area contributed by atoms with Gasteiger partial charge in [-0.25, -0.2) is 4.39 Å². The first-order valence-corrected chi connectivity index (χ1v) is 10.6. The number of halogens is 1. The molecule has 0 unspecified atom stereocenters. The highest BCUT2D eigenvalue weighted by atomic mass is 19.1. The maximum Gasteiger partial charge on any atom is 0.309 e. The van der Waals surface area contributed by atoms with Gasteiger partial charge in [-0.15, -0.1) is 0 Å². The summed E-state index contributed by atoms with van der Waals surface area (Å²) in [7, 11) is 0. The van der Waals surface area contributed by atoms with Crippen LogP contribution in [0, 0.1) is 16.6 Å². The summed E-state index contributed by atoms with van der Waals surface area (Å²) >= 11 is 0. The number of aliphatic hydroxyl groups excluding tert-OH is 1. The van der Waals surface area contributed by atoms with E-state index in [0.717, 1.165) is 24.0 Å². The highest BCUT2D eigenvalue weighted by Gasteiger charge is 2.38. The molecule has 0 amide bonds. The summed E-state index contributed by atoms with van der Waals surface area (Å²) in [6.07, 6.45) is 5.97. The number of benzene rings is 1. The van der Waals surface area contributed by atoms with Crippen LogP contribution in [0.3, 0.4) is 0 Å². The van der Waals surface area contributed by atoms with E-state index in [4.69, 9.17) is 4.74 Å². The van der Waals surface area contributed by atoms with Gasteiger partial charge >= 0.3 is 5.97 Å². The van der Waals surface area contributed by atoms with Crippen molar-refractivity contribution in [2.24, 2.45) is 10.8 Å². The Bertz CT molecular complexity index is 848. The Morgan fingerprint density at radius 3 is 2.66 bits per heavy atom. The van der Waals surface area contributed by atoms with Gasteiger partial charge in [0, 0.05) is 6.42 Å². The average Bonchev–Trinajstić information content (AvgIpc) is 2.58. The zero-order chi connectivity index (χ0) is 21.4. The number of carbonyl (C=O) groups is 1. The zero-order valence-electron chi connectivity index (χ0n) is 18.2. The van der Waals surface area contributed by atoms with Crippen LogP contribution in [0.25, 0.3) is 5.57 Å². The minimum atomic E-state index is -0.651. The normalized spacial score (nSPS) is 26.7. The van der Waals surface area contributed by atoms with Crippen LogP contribution in [-0.4, -0.2) is 23.3 Å². The fourth-order valence-electron chi connectivity index (χ4n) is 5.08. The molecule has 1 aromatic rings. The van der Waals surface area contributed by atoms with Crippen molar-refractivity contribution in [3.05, 3.63) is 52.9 Å². The molecule has 29 heavy (non-hydrogen) atoms. The van der Waals surface area contributed by atoms with Crippen LogP contribution in [0.2, 0.25) is 0 Å². The lowest BCUT2D eigenvalue weighted by Crippen LogP contribution is -2.32. The number of aliphatic hydroxyl groups is 1. The number of hydrogen-bond acceptors (Lipinski definition) is 3. The van der Waals surface area contributed by atoms with Gasteiger partial charge in [0.1, 0.15) is 11.9 Å². The molecule has 1 aliphatic carbocycles. The molecule has 0 saturated carbocycles. The van der Waals surface area contributed by atoms with Crippen molar-refractivity contribution in [3.8, 4) is 0 Å². The molecular weight excluding hydrogens is 367 g/mol. The third-order valence-electron chi connectivity index (χ3n) is 6.07. The fourth-order valence-corrected chi connectivity index (χ4v) is 5.08. The molecule has 1 N–H and O–H groups in total. The number of ether oxygens (including phenoxy) is 1. The lowest BCUT2D eigenvalue weighted by molar-refractivity contribution is -0.156. The van der Waals surface area contributed by atoms with E-state index >= 15 is 0 Å². The lowest BCUT2D eigenvalue weighted by atomic mass is 9.61. The van der Waals surface area contributed by atoms with Gasteiger partial charge in [-0.3, -0.25) is 4.79 Å². The second-order valence-electron chi connectivity index (χ2n) is 9.93. The van der Waals surface area contributed by atoms with Crippen LogP contribution in [-0.2, 0) is 16.0 Å². The minimum Gasteiger partial charge on any atom is -0.458 e. The molecule has 2 aliphatic rings. The van der Waals surface area contributed by atoms with E-state index in [1.54, 1.807) is 6.07 Å². The molecule has 1 aromatic carbocycles. The summed E-state index contributed by atoms with van der Waals surface area (Å²) in [5.74, 6) is -0.519. The van der Waals surface area contributed by atoms with Gasteiger partial charge in [0.15, 0.2) is 0 Å². The van der Waals surface area contributed by atoms with Gasteiger partial charge in [-0.1, -0.05) is 46.8 Å².